The third-order valence-electron chi connectivity index (χ3n) is 9.79. The van der Waals surface area contributed by atoms with E-state index in [9.17, 15) is 24.0 Å². The number of hydrogen-bond acceptors (Lipinski definition) is 9. The van der Waals surface area contributed by atoms with Crippen molar-refractivity contribution in [3.8, 4) is 0 Å². The summed E-state index contributed by atoms with van der Waals surface area (Å²) in [6.07, 6.45) is 10.4. The Labute approximate surface area is 314 Å². The van der Waals surface area contributed by atoms with E-state index < -0.39 is 11.8 Å². The summed E-state index contributed by atoms with van der Waals surface area (Å²) in [4.78, 5) is 77.9. The molecule has 2 aromatic heterocycles. The highest BCUT2D eigenvalue weighted by atomic mass is 16.2. The number of carbonyl (C=O) groups excluding carboxylic acids is 5. The van der Waals surface area contributed by atoms with Crippen LogP contribution >= 0.6 is 0 Å². The van der Waals surface area contributed by atoms with Crippen molar-refractivity contribution < 1.29 is 24.0 Å². The average Bonchev–Trinajstić information content (AvgIpc) is 3.75. The van der Waals surface area contributed by atoms with E-state index in [-0.39, 0.29) is 40.9 Å². The zero-order valence-electron chi connectivity index (χ0n) is 30.9. The molecule has 0 bridgehead atoms. The minimum atomic E-state index is -0.437. The summed E-state index contributed by atoms with van der Waals surface area (Å²) in [6.45, 7) is 6.82. The highest BCUT2D eigenvalue weighted by Gasteiger charge is 2.20. The number of carbonyl (C=O) groups is 5. The first-order chi connectivity index (χ1) is 26.1. The topological polar surface area (TPSA) is 176 Å². The molecule has 54 heavy (non-hydrogen) atoms. The van der Waals surface area contributed by atoms with Crippen molar-refractivity contribution in [2.24, 2.45) is 14.1 Å². The van der Waals surface area contributed by atoms with E-state index in [1.165, 1.54) is 62.8 Å². The molecule has 15 nitrogen and oxygen atoms in total. The van der Waals surface area contributed by atoms with Crippen LogP contribution in [0.15, 0.2) is 60.9 Å². The number of rotatable bonds is 14. The van der Waals surface area contributed by atoms with E-state index in [4.69, 9.17) is 0 Å². The molecule has 0 saturated carbocycles. The van der Waals surface area contributed by atoms with E-state index in [1.54, 1.807) is 59.9 Å². The third kappa shape index (κ3) is 9.85. The lowest BCUT2D eigenvalue weighted by Gasteiger charge is -2.26. The first-order valence-electron chi connectivity index (χ1n) is 18.6. The number of likely N-dealkylation sites (tertiary alicyclic amines) is 2. The second kappa shape index (κ2) is 17.9. The molecule has 15 heteroatoms. The number of anilines is 2. The number of ketones is 1. The highest BCUT2D eigenvalue weighted by molar-refractivity contribution is 6.11. The molecule has 2 aromatic carbocycles. The van der Waals surface area contributed by atoms with Crippen LogP contribution < -0.4 is 21.3 Å². The van der Waals surface area contributed by atoms with Crippen molar-refractivity contribution in [1.82, 2.24) is 39.5 Å². The lowest BCUT2D eigenvalue weighted by atomic mass is 10.0. The van der Waals surface area contributed by atoms with Gasteiger partial charge in [-0.1, -0.05) is 37.1 Å². The molecule has 2 saturated heterocycles. The molecule has 2 aliphatic heterocycles. The summed E-state index contributed by atoms with van der Waals surface area (Å²) in [5.41, 5.74) is 1.34. The number of aryl methyl sites for hydroxylation is 2. The van der Waals surface area contributed by atoms with Gasteiger partial charge in [0.25, 0.3) is 23.6 Å². The van der Waals surface area contributed by atoms with Crippen LogP contribution in [0.25, 0.3) is 0 Å². The van der Waals surface area contributed by atoms with Gasteiger partial charge in [-0.3, -0.25) is 24.0 Å². The summed E-state index contributed by atoms with van der Waals surface area (Å²) in [5, 5.41) is 11.2. The van der Waals surface area contributed by atoms with Crippen LogP contribution in [0.5, 0.6) is 0 Å². The molecule has 4 heterocycles. The second-order valence-electron chi connectivity index (χ2n) is 13.8. The SMILES string of the molecule is Cn1cc(NC(=O)c2ccc(C(=O)c3ccc(C(=O)Nc4cn(C)c(C(=O)NCCN5CCCCC5)n4)cc3)cc2)nc1C(=O)NCCN1CCCCC1. The second-order valence-corrected chi connectivity index (χ2v) is 13.8. The number of nitrogens with zero attached hydrogens (tertiary/aromatic N) is 6. The summed E-state index contributed by atoms with van der Waals surface area (Å²) in [6, 6.07) is 12.4. The first-order valence-corrected chi connectivity index (χ1v) is 18.6. The molecule has 2 aliphatic rings. The smallest absolute Gasteiger partial charge is 0.287 e. The van der Waals surface area contributed by atoms with Crippen molar-refractivity contribution in [1.29, 1.82) is 0 Å². The van der Waals surface area contributed by atoms with Gasteiger partial charge in [0.1, 0.15) is 0 Å². The van der Waals surface area contributed by atoms with Gasteiger partial charge in [0.05, 0.1) is 0 Å². The van der Waals surface area contributed by atoms with Crippen LogP contribution in [-0.4, -0.2) is 111 Å². The zero-order valence-corrected chi connectivity index (χ0v) is 30.9. The van der Waals surface area contributed by atoms with E-state index in [1.807, 2.05) is 0 Å². The maximum absolute atomic E-state index is 13.2. The fraction of sp³-hybridized carbons (Fsp3) is 0.410. The molecule has 4 aromatic rings. The number of benzene rings is 2. The standard InChI is InChI=1S/C39H48N10O5/c1-46-25-31(42-34(46)38(53)40-17-23-48-19-5-3-6-20-48)44-36(51)29-13-9-27(10-14-29)33(50)28-11-15-30(16-12-28)37(52)45-32-26-47(2)35(43-32)39(54)41-18-24-49-21-7-4-8-22-49/h9-16,25-26H,3-8,17-24H2,1-2H3,(H,40,53)(H,41,54)(H,44,51)(H,45,52). The van der Waals surface area contributed by atoms with Crippen LogP contribution in [0, 0.1) is 0 Å². The Morgan fingerprint density at radius 2 is 0.870 bits per heavy atom. The van der Waals surface area contributed by atoms with Crippen molar-refractivity contribution in [3.63, 3.8) is 0 Å². The Balaban J connectivity index is 0.974. The van der Waals surface area contributed by atoms with Crippen LogP contribution in [0.4, 0.5) is 11.6 Å². The Hall–Kier alpha value is -5.67. The van der Waals surface area contributed by atoms with E-state index in [0.717, 1.165) is 39.3 Å². The Bertz CT molecular complexity index is 1820. The number of imidazole rings is 2. The summed E-state index contributed by atoms with van der Waals surface area (Å²) >= 11 is 0. The maximum atomic E-state index is 13.2. The van der Waals surface area contributed by atoms with Crippen LogP contribution in [0.1, 0.15) is 96.4 Å². The Morgan fingerprint density at radius 3 is 1.24 bits per heavy atom. The lowest BCUT2D eigenvalue weighted by molar-refractivity contribution is 0.0925. The van der Waals surface area contributed by atoms with Crippen LogP contribution in [0.3, 0.4) is 0 Å². The number of amides is 4. The zero-order chi connectivity index (χ0) is 38.0. The van der Waals surface area contributed by atoms with Crippen molar-refractivity contribution in [3.05, 3.63) is 94.8 Å². The summed E-state index contributed by atoms with van der Waals surface area (Å²) in [7, 11) is 3.38. The van der Waals surface area contributed by atoms with E-state index in [0.29, 0.717) is 35.3 Å². The molecule has 4 amide bonds. The third-order valence-corrected chi connectivity index (χ3v) is 9.79. The summed E-state index contributed by atoms with van der Waals surface area (Å²) < 4.78 is 3.13. The predicted molar refractivity (Wildman–Crippen MR) is 204 cm³/mol. The van der Waals surface area contributed by atoms with Gasteiger partial charge in [-0.25, -0.2) is 9.97 Å². The molecule has 0 atom stereocenters. The van der Waals surface area contributed by atoms with Gasteiger partial charge in [-0.15, -0.1) is 0 Å². The van der Waals surface area contributed by atoms with Crippen LogP contribution in [0.2, 0.25) is 0 Å². The molecular weight excluding hydrogens is 688 g/mol. The van der Waals surface area contributed by atoms with E-state index >= 15 is 0 Å². The monoisotopic (exact) mass is 736 g/mol. The van der Waals surface area contributed by atoms with Crippen molar-refractivity contribution in [2.45, 2.75) is 38.5 Å². The van der Waals surface area contributed by atoms with Crippen molar-refractivity contribution >= 4 is 41.0 Å². The Morgan fingerprint density at radius 1 is 0.519 bits per heavy atom. The van der Waals surface area contributed by atoms with Crippen LogP contribution in [-0.2, 0) is 14.1 Å². The molecule has 0 spiro atoms. The number of hydrogen-bond donors (Lipinski definition) is 4. The number of piperidine rings is 2. The minimum Gasteiger partial charge on any atom is -0.348 e. The number of nitrogens with one attached hydrogen (secondary N) is 4. The molecule has 0 aliphatic carbocycles. The fourth-order valence-electron chi connectivity index (χ4n) is 6.74. The van der Waals surface area contributed by atoms with Gasteiger partial charge in [-0.05, 0) is 76.1 Å². The molecule has 2 fully saturated rings. The number of aromatic nitrogens is 4. The molecule has 0 radical (unpaired) electrons. The van der Waals surface area contributed by atoms with Gasteiger partial charge >= 0.3 is 0 Å². The minimum absolute atomic E-state index is 0.192. The molecule has 284 valence electrons. The average molecular weight is 737 g/mol. The summed E-state index contributed by atoms with van der Waals surface area (Å²) in [5.74, 6) is -0.923. The highest BCUT2D eigenvalue weighted by Crippen LogP contribution is 2.16. The Kier molecular flexibility index (Phi) is 12.6. The van der Waals surface area contributed by atoms with Gasteiger partial charge in [-0.2, -0.15) is 0 Å². The van der Waals surface area contributed by atoms with Gasteiger partial charge in [0, 0.05) is 74.9 Å². The molecular formula is C39H48N10O5. The largest absolute Gasteiger partial charge is 0.348 e. The normalized spacial score (nSPS) is 15.0. The van der Waals surface area contributed by atoms with Gasteiger partial charge in [0.15, 0.2) is 17.4 Å². The van der Waals surface area contributed by atoms with Gasteiger partial charge < -0.3 is 40.2 Å². The van der Waals surface area contributed by atoms with Crippen molar-refractivity contribution in [2.75, 3.05) is 63.0 Å². The maximum Gasteiger partial charge on any atom is 0.287 e. The molecule has 0 unspecified atom stereocenters. The van der Waals surface area contributed by atoms with Gasteiger partial charge in [0.2, 0.25) is 11.6 Å². The quantitative estimate of drug-likeness (QED) is 0.142. The lowest BCUT2D eigenvalue weighted by Crippen LogP contribution is -2.38. The molecule has 6 rings (SSSR count). The fourth-order valence-corrected chi connectivity index (χ4v) is 6.74. The molecule has 4 N–H and O–H groups in total. The van der Waals surface area contributed by atoms with E-state index in [2.05, 4.69) is 41.0 Å². The first kappa shape index (κ1) is 38.1. The predicted octanol–water partition coefficient (Wildman–Crippen LogP) is 3.32.